The molecule has 3 rings (SSSR count). The number of carbonyl (C=O) groups is 1. The van der Waals surface area contributed by atoms with Crippen LogP contribution in [-0.2, 0) is 0 Å². The van der Waals surface area contributed by atoms with Crippen molar-refractivity contribution in [2.24, 2.45) is 5.92 Å². The van der Waals surface area contributed by atoms with Crippen molar-refractivity contribution in [3.05, 3.63) is 52.0 Å². The molecule has 1 saturated carbocycles. The van der Waals surface area contributed by atoms with Crippen molar-refractivity contribution in [3.63, 3.8) is 0 Å². The van der Waals surface area contributed by atoms with Gasteiger partial charge < -0.3 is 5.32 Å². The van der Waals surface area contributed by atoms with Crippen molar-refractivity contribution in [1.82, 2.24) is 10.3 Å². The normalized spacial score (nSPS) is 16.8. The summed E-state index contributed by atoms with van der Waals surface area (Å²) in [6, 6.07) is 8.05. The van der Waals surface area contributed by atoms with Crippen molar-refractivity contribution >= 4 is 17.2 Å². The molecule has 0 saturated heterocycles. The molecule has 1 aliphatic carbocycles. The summed E-state index contributed by atoms with van der Waals surface area (Å²) in [5, 5.41) is 5.31. The van der Waals surface area contributed by atoms with Crippen molar-refractivity contribution in [3.8, 4) is 0 Å². The second-order valence-electron chi connectivity index (χ2n) is 5.70. The average Bonchev–Trinajstić information content (AvgIpc) is 3.19. The molecule has 1 aliphatic rings. The molecule has 0 spiro atoms. The van der Waals surface area contributed by atoms with Crippen LogP contribution in [0.1, 0.15) is 52.7 Å². The fourth-order valence-corrected chi connectivity index (χ4v) is 3.88. The van der Waals surface area contributed by atoms with Crippen LogP contribution in [0.5, 0.6) is 0 Å². The predicted octanol–water partition coefficient (Wildman–Crippen LogP) is 4.11. The summed E-state index contributed by atoms with van der Waals surface area (Å²) in [6.45, 7) is 1.93. The Morgan fingerprint density at radius 2 is 2.14 bits per heavy atom. The molecule has 2 heterocycles. The van der Waals surface area contributed by atoms with Crippen LogP contribution in [0.2, 0.25) is 0 Å². The highest BCUT2D eigenvalue weighted by Crippen LogP contribution is 2.37. The summed E-state index contributed by atoms with van der Waals surface area (Å²) in [6.07, 6.45) is 6.61. The molecule has 4 heteroatoms. The number of nitrogens with zero attached hydrogens (tertiary/aromatic N) is 1. The van der Waals surface area contributed by atoms with Crippen LogP contribution in [0, 0.1) is 12.8 Å². The number of thiophene rings is 1. The lowest BCUT2D eigenvalue weighted by Crippen LogP contribution is -2.32. The third-order valence-electron chi connectivity index (χ3n) is 4.18. The van der Waals surface area contributed by atoms with Crippen LogP contribution in [0.3, 0.4) is 0 Å². The molecular formula is C17H20N2OS. The van der Waals surface area contributed by atoms with Gasteiger partial charge in [-0.15, -0.1) is 11.3 Å². The Bertz CT molecular complexity index is 586. The Morgan fingerprint density at radius 3 is 2.76 bits per heavy atom. The molecule has 1 amide bonds. The van der Waals surface area contributed by atoms with Gasteiger partial charge in [-0.1, -0.05) is 18.9 Å². The van der Waals surface area contributed by atoms with Gasteiger partial charge in [0, 0.05) is 16.8 Å². The first-order chi connectivity index (χ1) is 10.2. The van der Waals surface area contributed by atoms with Gasteiger partial charge in [-0.2, -0.15) is 0 Å². The topological polar surface area (TPSA) is 42.0 Å². The standard InChI is InChI=1S/C17H20N2OS/c1-12-8-9-14(11-18-12)17(20)19-16(13-5-2-3-6-13)15-7-4-10-21-15/h4,7-11,13,16H,2-3,5-6H2,1H3,(H,19,20). The van der Waals surface area contributed by atoms with Gasteiger partial charge in [0.1, 0.15) is 0 Å². The van der Waals surface area contributed by atoms with Crippen molar-refractivity contribution in [2.75, 3.05) is 0 Å². The van der Waals surface area contributed by atoms with Crippen LogP contribution in [-0.4, -0.2) is 10.9 Å². The SMILES string of the molecule is Cc1ccc(C(=O)NC(c2cccs2)C2CCCC2)cn1. The zero-order valence-corrected chi connectivity index (χ0v) is 13.0. The molecule has 1 N–H and O–H groups in total. The van der Waals surface area contributed by atoms with Crippen LogP contribution in [0.25, 0.3) is 0 Å². The molecule has 110 valence electrons. The highest BCUT2D eigenvalue weighted by molar-refractivity contribution is 7.10. The lowest BCUT2D eigenvalue weighted by atomic mass is 9.96. The van der Waals surface area contributed by atoms with E-state index >= 15 is 0 Å². The van der Waals surface area contributed by atoms with Gasteiger partial charge in [0.15, 0.2) is 0 Å². The third kappa shape index (κ3) is 3.32. The van der Waals surface area contributed by atoms with E-state index in [0.29, 0.717) is 11.5 Å². The minimum absolute atomic E-state index is 0.0206. The summed E-state index contributed by atoms with van der Waals surface area (Å²) in [4.78, 5) is 17.9. The van der Waals surface area contributed by atoms with Crippen LogP contribution in [0.15, 0.2) is 35.8 Å². The van der Waals surface area contributed by atoms with Gasteiger partial charge >= 0.3 is 0 Å². The monoisotopic (exact) mass is 300 g/mol. The van der Waals surface area contributed by atoms with E-state index < -0.39 is 0 Å². The number of pyridine rings is 1. The number of hydrogen-bond donors (Lipinski definition) is 1. The van der Waals surface area contributed by atoms with Crippen LogP contribution < -0.4 is 5.32 Å². The first-order valence-electron chi connectivity index (χ1n) is 7.51. The summed E-state index contributed by atoms with van der Waals surface area (Å²) < 4.78 is 0. The summed E-state index contributed by atoms with van der Waals surface area (Å²) in [5.41, 5.74) is 1.57. The summed E-state index contributed by atoms with van der Waals surface area (Å²) in [5.74, 6) is 0.541. The molecule has 0 aliphatic heterocycles. The van der Waals surface area contributed by atoms with E-state index in [0.717, 1.165) is 5.69 Å². The second kappa shape index (κ2) is 6.39. The lowest BCUT2D eigenvalue weighted by Gasteiger charge is -2.23. The smallest absolute Gasteiger partial charge is 0.253 e. The van der Waals surface area contributed by atoms with Crippen molar-refractivity contribution in [1.29, 1.82) is 0 Å². The van der Waals surface area contributed by atoms with E-state index in [4.69, 9.17) is 0 Å². The van der Waals surface area contributed by atoms with E-state index in [1.165, 1.54) is 30.6 Å². The highest BCUT2D eigenvalue weighted by Gasteiger charge is 2.28. The number of aryl methyl sites for hydroxylation is 1. The number of hydrogen-bond acceptors (Lipinski definition) is 3. The van der Waals surface area contributed by atoms with Gasteiger partial charge in [0.05, 0.1) is 11.6 Å². The highest BCUT2D eigenvalue weighted by atomic mass is 32.1. The number of nitrogens with one attached hydrogen (secondary N) is 1. The first-order valence-corrected chi connectivity index (χ1v) is 8.39. The van der Waals surface area contributed by atoms with E-state index in [2.05, 4.69) is 27.8 Å². The van der Waals surface area contributed by atoms with Gasteiger partial charge in [-0.05, 0) is 49.3 Å². The zero-order chi connectivity index (χ0) is 14.7. The zero-order valence-electron chi connectivity index (χ0n) is 12.2. The van der Waals surface area contributed by atoms with Crippen molar-refractivity contribution in [2.45, 2.75) is 38.6 Å². The maximum absolute atomic E-state index is 12.5. The largest absolute Gasteiger partial charge is 0.344 e. The molecule has 0 bridgehead atoms. The summed E-state index contributed by atoms with van der Waals surface area (Å²) in [7, 11) is 0. The predicted molar refractivity (Wildman–Crippen MR) is 85.5 cm³/mol. The van der Waals surface area contributed by atoms with Gasteiger partial charge in [0.2, 0.25) is 0 Å². The lowest BCUT2D eigenvalue weighted by molar-refractivity contribution is 0.0922. The van der Waals surface area contributed by atoms with Crippen LogP contribution in [0.4, 0.5) is 0 Å². The Balaban J connectivity index is 1.77. The van der Waals surface area contributed by atoms with Gasteiger partial charge in [-0.3, -0.25) is 9.78 Å². The molecule has 2 aromatic heterocycles. The number of aromatic nitrogens is 1. The Hall–Kier alpha value is -1.68. The van der Waals surface area contributed by atoms with Crippen LogP contribution >= 0.6 is 11.3 Å². The molecule has 1 atom stereocenters. The van der Waals surface area contributed by atoms with Gasteiger partial charge in [0.25, 0.3) is 5.91 Å². The number of rotatable bonds is 4. The molecule has 3 nitrogen and oxygen atoms in total. The molecule has 0 radical (unpaired) electrons. The maximum atomic E-state index is 12.5. The summed E-state index contributed by atoms with van der Waals surface area (Å²) >= 11 is 1.73. The fourth-order valence-electron chi connectivity index (χ4n) is 3.01. The minimum atomic E-state index is -0.0206. The van der Waals surface area contributed by atoms with E-state index in [1.807, 2.05) is 19.1 Å². The Kier molecular flexibility index (Phi) is 4.34. The number of carbonyl (C=O) groups excluding carboxylic acids is 1. The Morgan fingerprint density at radius 1 is 1.33 bits per heavy atom. The molecule has 0 aromatic carbocycles. The third-order valence-corrected chi connectivity index (χ3v) is 5.14. The molecular weight excluding hydrogens is 280 g/mol. The second-order valence-corrected chi connectivity index (χ2v) is 6.68. The molecule has 21 heavy (non-hydrogen) atoms. The molecule has 2 aromatic rings. The quantitative estimate of drug-likeness (QED) is 0.923. The van der Waals surface area contributed by atoms with Gasteiger partial charge in [-0.25, -0.2) is 0 Å². The van der Waals surface area contributed by atoms with E-state index in [1.54, 1.807) is 17.5 Å². The maximum Gasteiger partial charge on any atom is 0.253 e. The van der Waals surface area contributed by atoms with E-state index in [-0.39, 0.29) is 11.9 Å². The van der Waals surface area contributed by atoms with E-state index in [9.17, 15) is 4.79 Å². The molecule has 1 unspecified atom stereocenters. The number of amides is 1. The van der Waals surface area contributed by atoms with Crippen molar-refractivity contribution < 1.29 is 4.79 Å². The average molecular weight is 300 g/mol. The minimum Gasteiger partial charge on any atom is -0.344 e. The first kappa shape index (κ1) is 14.3. The molecule has 1 fully saturated rings. The Labute approximate surface area is 129 Å². The fraction of sp³-hybridized carbons (Fsp3) is 0.412.